The summed E-state index contributed by atoms with van der Waals surface area (Å²) in [6.07, 6.45) is 0. The number of nitrogens with one attached hydrogen (secondary N) is 3. The van der Waals surface area contributed by atoms with E-state index in [1.165, 1.54) is 6.07 Å². The number of nitrogens with zero attached hydrogens (tertiary/aromatic N) is 1. The minimum Gasteiger partial charge on any atom is -0.403 e. The zero-order chi connectivity index (χ0) is 26.4. The van der Waals surface area contributed by atoms with E-state index in [9.17, 15) is 14.4 Å². The molecule has 0 atom stereocenters. The Bertz CT molecular complexity index is 1970. The molecular formula is C28H16BrClN4O4. The summed E-state index contributed by atoms with van der Waals surface area (Å²) in [5, 5.41) is 2.55. The van der Waals surface area contributed by atoms with Crippen LogP contribution in [0.15, 0.2) is 92.5 Å². The highest BCUT2D eigenvalue weighted by atomic mass is 79.9. The number of hydrogen-bond acceptors (Lipinski definition) is 5. The number of halogens is 2. The normalized spacial score (nSPS) is 11.2. The summed E-state index contributed by atoms with van der Waals surface area (Å²) in [6, 6.07) is 23.3. The van der Waals surface area contributed by atoms with Crippen LogP contribution in [0, 0.1) is 0 Å². The molecule has 6 aromatic rings. The molecule has 3 aromatic heterocycles. The Labute approximate surface area is 227 Å². The maximum absolute atomic E-state index is 13.2. The summed E-state index contributed by atoms with van der Waals surface area (Å²) >= 11 is 9.61. The number of hydrogen-bond donors (Lipinski definition) is 3. The van der Waals surface area contributed by atoms with E-state index in [0.717, 1.165) is 20.8 Å². The molecule has 0 radical (unpaired) electrons. The van der Waals surface area contributed by atoms with Crippen molar-refractivity contribution in [2.24, 2.45) is 0 Å². The first-order valence-corrected chi connectivity index (χ1v) is 12.6. The highest BCUT2D eigenvalue weighted by molar-refractivity contribution is 9.10. The fraction of sp³-hybridized carbons (Fsp3) is 0. The van der Waals surface area contributed by atoms with Crippen LogP contribution in [0.1, 0.15) is 20.8 Å². The molecule has 0 aliphatic rings. The SMILES string of the molecule is O=C(NNC(=O)c1cc2cc3ccc(Br)cc3nc2oc1=O)c1[nH]c2ccc(Cl)cc2c1-c1ccccc1. The van der Waals surface area contributed by atoms with Crippen molar-refractivity contribution in [2.75, 3.05) is 0 Å². The molecule has 0 bridgehead atoms. The Kier molecular flexibility index (Phi) is 5.94. The third-order valence-electron chi connectivity index (χ3n) is 6.07. The van der Waals surface area contributed by atoms with E-state index in [-0.39, 0.29) is 17.0 Å². The Morgan fingerprint density at radius 1 is 0.895 bits per heavy atom. The summed E-state index contributed by atoms with van der Waals surface area (Å²) in [4.78, 5) is 46.1. The van der Waals surface area contributed by atoms with E-state index in [0.29, 0.717) is 27.0 Å². The van der Waals surface area contributed by atoms with Crippen LogP contribution in [0.25, 0.3) is 44.0 Å². The first-order valence-electron chi connectivity index (χ1n) is 11.4. The Balaban J connectivity index is 1.31. The molecule has 0 saturated carbocycles. The molecule has 2 amide bonds. The Hall–Kier alpha value is -4.47. The molecule has 38 heavy (non-hydrogen) atoms. The number of carbonyl (C=O) groups is 2. The molecule has 8 nitrogen and oxygen atoms in total. The number of benzene rings is 3. The number of aromatic amines is 1. The second-order valence-corrected chi connectivity index (χ2v) is 9.86. The highest BCUT2D eigenvalue weighted by Crippen LogP contribution is 2.34. The van der Waals surface area contributed by atoms with Gasteiger partial charge < -0.3 is 9.40 Å². The lowest BCUT2D eigenvalue weighted by molar-refractivity contribution is 0.0842. The topological polar surface area (TPSA) is 117 Å². The molecule has 3 aromatic carbocycles. The van der Waals surface area contributed by atoms with Gasteiger partial charge in [-0.3, -0.25) is 20.4 Å². The smallest absolute Gasteiger partial charge is 0.350 e. The van der Waals surface area contributed by atoms with Gasteiger partial charge in [-0.2, -0.15) is 0 Å². The summed E-state index contributed by atoms with van der Waals surface area (Å²) in [7, 11) is 0. The summed E-state index contributed by atoms with van der Waals surface area (Å²) < 4.78 is 6.14. The van der Waals surface area contributed by atoms with E-state index in [4.69, 9.17) is 16.0 Å². The van der Waals surface area contributed by atoms with Crippen LogP contribution in [0.5, 0.6) is 0 Å². The zero-order valence-electron chi connectivity index (χ0n) is 19.3. The van der Waals surface area contributed by atoms with Gasteiger partial charge in [0, 0.05) is 36.7 Å². The zero-order valence-corrected chi connectivity index (χ0v) is 21.7. The van der Waals surface area contributed by atoms with Crippen LogP contribution in [0.2, 0.25) is 5.02 Å². The number of amides is 2. The number of fused-ring (bicyclic) bond motifs is 3. The van der Waals surface area contributed by atoms with Crippen LogP contribution in [-0.2, 0) is 0 Å². The molecule has 0 saturated heterocycles. The molecule has 0 fully saturated rings. The minimum atomic E-state index is -0.878. The monoisotopic (exact) mass is 586 g/mol. The number of H-pyrrole nitrogens is 1. The van der Waals surface area contributed by atoms with Gasteiger partial charge in [0.1, 0.15) is 11.3 Å². The molecule has 3 N–H and O–H groups in total. The summed E-state index contributed by atoms with van der Waals surface area (Å²) in [5.41, 5.74) is 6.63. The fourth-order valence-corrected chi connectivity index (χ4v) is 4.84. The van der Waals surface area contributed by atoms with E-state index < -0.39 is 17.4 Å². The second kappa shape index (κ2) is 9.44. The molecule has 0 aliphatic carbocycles. The van der Waals surface area contributed by atoms with Gasteiger partial charge in [-0.1, -0.05) is 63.9 Å². The highest BCUT2D eigenvalue weighted by Gasteiger charge is 2.21. The van der Waals surface area contributed by atoms with Gasteiger partial charge in [0.2, 0.25) is 5.71 Å². The number of pyridine rings is 1. The standard InChI is InChI=1S/C28H16BrClN4O4/c29-17-7-6-15-10-16-11-20(28(37)38-27(16)32-22(15)12-17)25(35)33-34-26(36)24-23(14-4-2-1-3-5-14)19-13-18(30)8-9-21(19)31-24/h1-13,31H,(H,33,35)(H,34,36). The molecule has 3 heterocycles. The van der Waals surface area contributed by atoms with Crippen molar-refractivity contribution in [3.05, 3.63) is 110 Å². The lowest BCUT2D eigenvalue weighted by Crippen LogP contribution is -2.43. The van der Waals surface area contributed by atoms with Gasteiger partial charge in [0.15, 0.2) is 0 Å². The van der Waals surface area contributed by atoms with E-state index in [2.05, 4.69) is 36.7 Å². The minimum absolute atomic E-state index is 0.102. The van der Waals surface area contributed by atoms with Crippen molar-refractivity contribution in [1.82, 2.24) is 20.8 Å². The maximum Gasteiger partial charge on any atom is 0.350 e. The van der Waals surface area contributed by atoms with Gasteiger partial charge in [-0.05, 0) is 48.0 Å². The summed E-state index contributed by atoms with van der Waals surface area (Å²) in [5.74, 6) is -1.43. The largest absolute Gasteiger partial charge is 0.403 e. The Morgan fingerprint density at radius 3 is 2.50 bits per heavy atom. The number of hydrazine groups is 1. The average molecular weight is 588 g/mol. The second-order valence-electron chi connectivity index (χ2n) is 8.51. The third kappa shape index (κ3) is 4.31. The quantitative estimate of drug-likeness (QED) is 0.174. The van der Waals surface area contributed by atoms with Crippen molar-refractivity contribution in [3.8, 4) is 11.1 Å². The molecular weight excluding hydrogens is 572 g/mol. The van der Waals surface area contributed by atoms with E-state index >= 15 is 0 Å². The van der Waals surface area contributed by atoms with Gasteiger partial charge in [0.25, 0.3) is 11.8 Å². The number of aromatic nitrogens is 2. The van der Waals surface area contributed by atoms with Gasteiger partial charge in [-0.15, -0.1) is 0 Å². The van der Waals surface area contributed by atoms with E-state index in [1.54, 1.807) is 30.3 Å². The van der Waals surface area contributed by atoms with Crippen LogP contribution in [0.4, 0.5) is 0 Å². The molecule has 0 unspecified atom stereocenters. The van der Waals surface area contributed by atoms with Gasteiger partial charge >= 0.3 is 5.63 Å². The lowest BCUT2D eigenvalue weighted by Gasteiger charge is -2.09. The first kappa shape index (κ1) is 23.9. The molecule has 186 valence electrons. The average Bonchev–Trinajstić information content (AvgIpc) is 3.29. The van der Waals surface area contributed by atoms with Crippen molar-refractivity contribution in [1.29, 1.82) is 0 Å². The van der Waals surface area contributed by atoms with Gasteiger partial charge in [0.05, 0.1) is 5.52 Å². The van der Waals surface area contributed by atoms with Crippen LogP contribution in [0.3, 0.4) is 0 Å². The van der Waals surface area contributed by atoms with Crippen LogP contribution in [-0.4, -0.2) is 21.8 Å². The van der Waals surface area contributed by atoms with Crippen molar-refractivity contribution >= 4 is 72.3 Å². The van der Waals surface area contributed by atoms with E-state index in [1.807, 2.05) is 42.5 Å². The first-order chi connectivity index (χ1) is 18.4. The molecule has 6 rings (SSSR count). The molecule has 0 spiro atoms. The van der Waals surface area contributed by atoms with Crippen LogP contribution >= 0.6 is 27.5 Å². The number of carbonyl (C=O) groups excluding carboxylic acids is 2. The van der Waals surface area contributed by atoms with Crippen molar-refractivity contribution in [3.63, 3.8) is 0 Å². The Morgan fingerprint density at radius 2 is 1.68 bits per heavy atom. The predicted molar refractivity (Wildman–Crippen MR) is 149 cm³/mol. The number of rotatable bonds is 3. The lowest BCUT2D eigenvalue weighted by atomic mass is 10.0. The molecule has 0 aliphatic heterocycles. The fourth-order valence-electron chi connectivity index (χ4n) is 4.32. The summed E-state index contributed by atoms with van der Waals surface area (Å²) in [6.45, 7) is 0. The maximum atomic E-state index is 13.2. The van der Waals surface area contributed by atoms with Crippen LogP contribution < -0.4 is 16.5 Å². The predicted octanol–water partition coefficient (Wildman–Crippen LogP) is 5.98. The van der Waals surface area contributed by atoms with Crippen molar-refractivity contribution < 1.29 is 14.0 Å². The van der Waals surface area contributed by atoms with Crippen molar-refractivity contribution in [2.45, 2.75) is 0 Å². The third-order valence-corrected chi connectivity index (χ3v) is 6.79. The van der Waals surface area contributed by atoms with Gasteiger partial charge in [-0.25, -0.2) is 9.78 Å². The molecule has 10 heteroatoms.